The number of allylic oxidation sites excluding steroid dienone is 1. The van der Waals surface area contributed by atoms with Crippen molar-refractivity contribution in [2.45, 2.75) is 0 Å². The number of ether oxygens (including phenoxy) is 2. The van der Waals surface area contributed by atoms with Crippen molar-refractivity contribution in [3.8, 4) is 11.5 Å². The van der Waals surface area contributed by atoms with Gasteiger partial charge in [0.25, 0.3) is 5.56 Å². The third kappa shape index (κ3) is 3.45. The number of ketones is 1. The second-order valence-corrected chi connectivity index (χ2v) is 5.40. The van der Waals surface area contributed by atoms with Crippen molar-refractivity contribution in [1.82, 2.24) is 4.98 Å². The van der Waals surface area contributed by atoms with Gasteiger partial charge in [-0.15, -0.1) is 0 Å². The van der Waals surface area contributed by atoms with Crippen LogP contribution in [0, 0.1) is 0 Å². The van der Waals surface area contributed by atoms with Crippen LogP contribution in [0.2, 0.25) is 0 Å². The fourth-order valence-electron chi connectivity index (χ4n) is 2.55. The second-order valence-electron chi connectivity index (χ2n) is 5.40. The van der Waals surface area contributed by atoms with E-state index in [4.69, 9.17) is 9.47 Å². The number of carbonyl (C=O) groups excluding carboxylic acids is 1. The van der Waals surface area contributed by atoms with Crippen LogP contribution in [0.5, 0.6) is 11.5 Å². The lowest BCUT2D eigenvalue weighted by atomic mass is 10.1. The van der Waals surface area contributed by atoms with E-state index in [0.717, 1.165) is 10.9 Å². The number of para-hydroxylation sites is 1. The number of carbonyl (C=O) groups is 1. The van der Waals surface area contributed by atoms with Crippen molar-refractivity contribution in [2.24, 2.45) is 0 Å². The lowest BCUT2D eigenvalue weighted by Crippen LogP contribution is -2.09. The van der Waals surface area contributed by atoms with Crippen molar-refractivity contribution in [1.29, 1.82) is 0 Å². The molecule has 1 aromatic heterocycles. The summed E-state index contributed by atoms with van der Waals surface area (Å²) in [5.74, 6) is 0.761. The predicted molar refractivity (Wildman–Crippen MR) is 97.5 cm³/mol. The molecular formula is C20H17NO4. The number of benzene rings is 2. The highest BCUT2D eigenvalue weighted by atomic mass is 16.5. The number of aromatic nitrogens is 1. The van der Waals surface area contributed by atoms with Gasteiger partial charge < -0.3 is 14.5 Å². The standard InChI is InChI=1S/C20H17NO4/c1-24-15-8-9-16(19(12-15)25-2)18(22)10-7-14-11-13-5-3-4-6-17(13)21-20(14)23/h3-12H,1-2H3,(H,21,23). The van der Waals surface area contributed by atoms with E-state index in [1.54, 1.807) is 31.4 Å². The molecule has 0 fully saturated rings. The van der Waals surface area contributed by atoms with Crippen molar-refractivity contribution >= 4 is 22.8 Å². The molecule has 0 amide bonds. The Kier molecular flexibility index (Phi) is 4.66. The highest BCUT2D eigenvalue weighted by molar-refractivity contribution is 6.08. The molecule has 1 heterocycles. The normalized spacial score (nSPS) is 11.0. The fourth-order valence-corrected chi connectivity index (χ4v) is 2.55. The van der Waals surface area contributed by atoms with E-state index in [1.807, 2.05) is 24.3 Å². The van der Waals surface area contributed by atoms with E-state index in [9.17, 15) is 9.59 Å². The number of methoxy groups -OCH3 is 2. The molecule has 5 heteroatoms. The number of rotatable bonds is 5. The summed E-state index contributed by atoms with van der Waals surface area (Å²) in [4.78, 5) is 27.4. The molecule has 0 saturated heterocycles. The molecule has 0 saturated carbocycles. The zero-order valence-electron chi connectivity index (χ0n) is 13.9. The molecule has 0 atom stereocenters. The highest BCUT2D eigenvalue weighted by Crippen LogP contribution is 2.25. The van der Waals surface area contributed by atoms with E-state index in [-0.39, 0.29) is 11.3 Å². The molecule has 25 heavy (non-hydrogen) atoms. The molecule has 0 aliphatic carbocycles. The Morgan fingerprint density at radius 2 is 1.84 bits per heavy atom. The zero-order valence-corrected chi connectivity index (χ0v) is 13.9. The van der Waals surface area contributed by atoms with Crippen molar-refractivity contribution in [2.75, 3.05) is 14.2 Å². The Hall–Kier alpha value is -3.34. The van der Waals surface area contributed by atoms with Gasteiger partial charge in [0.2, 0.25) is 0 Å². The molecule has 0 aliphatic rings. The van der Waals surface area contributed by atoms with E-state index in [2.05, 4.69) is 4.98 Å². The lowest BCUT2D eigenvalue weighted by molar-refractivity contribution is 0.104. The summed E-state index contributed by atoms with van der Waals surface area (Å²) < 4.78 is 10.4. The zero-order chi connectivity index (χ0) is 17.8. The first-order valence-electron chi connectivity index (χ1n) is 7.69. The predicted octanol–water partition coefficient (Wildman–Crippen LogP) is 3.44. The number of H-pyrrole nitrogens is 1. The van der Waals surface area contributed by atoms with Gasteiger partial charge >= 0.3 is 0 Å². The molecule has 0 spiro atoms. The van der Waals surface area contributed by atoms with Crippen molar-refractivity contribution in [3.63, 3.8) is 0 Å². The first-order valence-corrected chi connectivity index (χ1v) is 7.69. The minimum absolute atomic E-state index is 0.246. The lowest BCUT2D eigenvalue weighted by Gasteiger charge is -2.07. The molecule has 5 nitrogen and oxygen atoms in total. The Bertz CT molecular complexity index is 1020. The topological polar surface area (TPSA) is 68.4 Å². The molecular weight excluding hydrogens is 318 g/mol. The van der Waals surface area contributed by atoms with Gasteiger partial charge in [-0.25, -0.2) is 0 Å². The summed E-state index contributed by atoms with van der Waals surface area (Å²) in [5.41, 5.74) is 1.33. The maximum absolute atomic E-state index is 12.5. The van der Waals surface area contributed by atoms with Crippen molar-refractivity contribution in [3.05, 3.63) is 76.1 Å². The van der Waals surface area contributed by atoms with Crippen LogP contribution in [0.4, 0.5) is 0 Å². The Labute approximate surface area is 144 Å². The third-order valence-electron chi connectivity index (χ3n) is 3.87. The van der Waals surface area contributed by atoms with Gasteiger partial charge in [-0.1, -0.05) is 18.2 Å². The number of pyridine rings is 1. The monoisotopic (exact) mass is 335 g/mol. The van der Waals surface area contributed by atoms with Crippen LogP contribution in [0.3, 0.4) is 0 Å². The molecule has 2 aromatic carbocycles. The molecule has 126 valence electrons. The molecule has 0 aliphatic heterocycles. The number of aromatic amines is 1. The van der Waals surface area contributed by atoms with Crippen LogP contribution in [0.1, 0.15) is 15.9 Å². The van der Waals surface area contributed by atoms with Crippen molar-refractivity contribution < 1.29 is 14.3 Å². The van der Waals surface area contributed by atoms with Gasteiger partial charge in [-0.3, -0.25) is 9.59 Å². The first kappa shape index (κ1) is 16.5. The molecule has 0 bridgehead atoms. The summed E-state index contributed by atoms with van der Waals surface area (Å²) in [6.07, 6.45) is 2.88. The average Bonchev–Trinajstić information content (AvgIpc) is 2.65. The quantitative estimate of drug-likeness (QED) is 0.573. The summed E-state index contributed by atoms with van der Waals surface area (Å²) in [6, 6.07) is 14.2. The summed E-state index contributed by atoms with van der Waals surface area (Å²) in [7, 11) is 3.03. The SMILES string of the molecule is COc1ccc(C(=O)C=Cc2cc3ccccc3[nH]c2=O)c(OC)c1. The number of hydrogen-bond donors (Lipinski definition) is 1. The van der Waals surface area contributed by atoms with E-state index < -0.39 is 0 Å². The van der Waals surface area contributed by atoms with E-state index in [0.29, 0.717) is 22.6 Å². The van der Waals surface area contributed by atoms with Gasteiger partial charge in [0, 0.05) is 17.1 Å². The number of nitrogens with one attached hydrogen (secondary N) is 1. The van der Waals surface area contributed by atoms with Crippen LogP contribution < -0.4 is 15.0 Å². The largest absolute Gasteiger partial charge is 0.497 e. The van der Waals surface area contributed by atoms with E-state index >= 15 is 0 Å². The number of fused-ring (bicyclic) bond motifs is 1. The minimum atomic E-state index is -0.257. The minimum Gasteiger partial charge on any atom is -0.497 e. The summed E-state index contributed by atoms with van der Waals surface area (Å²) in [6.45, 7) is 0. The molecule has 3 aromatic rings. The summed E-state index contributed by atoms with van der Waals surface area (Å²) in [5, 5.41) is 0.899. The Balaban J connectivity index is 1.93. The third-order valence-corrected chi connectivity index (χ3v) is 3.87. The molecule has 1 N–H and O–H groups in total. The van der Waals surface area contributed by atoms with E-state index in [1.165, 1.54) is 19.3 Å². The number of hydrogen-bond acceptors (Lipinski definition) is 4. The van der Waals surface area contributed by atoms with Crippen LogP contribution >= 0.6 is 0 Å². The molecule has 0 unspecified atom stereocenters. The molecule has 3 rings (SSSR count). The van der Waals surface area contributed by atoms with Gasteiger partial charge in [0.1, 0.15) is 11.5 Å². The van der Waals surface area contributed by atoms with Crippen LogP contribution in [0.15, 0.2) is 59.4 Å². The first-order chi connectivity index (χ1) is 12.1. The Morgan fingerprint density at radius 1 is 1.04 bits per heavy atom. The van der Waals surface area contributed by atoms with Gasteiger partial charge in [-0.05, 0) is 41.8 Å². The second kappa shape index (κ2) is 7.05. The Morgan fingerprint density at radius 3 is 2.60 bits per heavy atom. The maximum atomic E-state index is 12.5. The average molecular weight is 335 g/mol. The smallest absolute Gasteiger partial charge is 0.255 e. The highest BCUT2D eigenvalue weighted by Gasteiger charge is 2.11. The van der Waals surface area contributed by atoms with Gasteiger partial charge in [-0.2, -0.15) is 0 Å². The summed E-state index contributed by atoms with van der Waals surface area (Å²) >= 11 is 0. The van der Waals surface area contributed by atoms with Crippen LogP contribution in [-0.4, -0.2) is 25.0 Å². The molecule has 0 radical (unpaired) electrons. The maximum Gasteiger partial charge on any atom is 0.255 e. The van der Waals surface area contributed by atoms with Crippen LogP contribution in [-0.2, 0) is 0 Å². The fraction of sp³-hybridized carbons (Fsp3) is 0.100. The van der Waals surface area contributed by atoms with Gasteiger partial charge in [0.15, 0.2) is 5.78 Å². The van der Waals surface area contributed by atoms with Gasteiger partial charge in [0.05, 0.1) is 19.8 Å². The van der Waals surface area contributed by atoms with Crippen LogP contribution in [0.25, 0.3) is 17.0 Å².